The Morgan fingerprint density at radius 1 is 1.15 bits per heavy atom. The van der Waals surface area contributed by atoms with E-state index < -0.39 is 17.8 Å². The Labute approximate surface area is 239 Å². The molecule has 224 valence electrons. The van der Waals surface area contributed by atoms with Crippen LogP contribution in [-0.4, -0.2) is 65.6 Å². The van der Waals surface area contributed by atoms with Crippen LogP contribution >= 0.6 is 0 Å². The standard InChI is InChI=1S/C31H40F3N3O4/c1-20-16-37(21(2)19-38)30(40)26-15-25(35-29(39)23-7-5-4-6-8-23)13-14-27(26)41-28(20)18-36(3)17-22-9-11-24(12-10-22)31(32,33)34/h9-15,20-21,23,28,38H,4-8,16-19H2,1-3H3,(H,35,39)/t20-,21-,28+/m1/s1. The summed E-state index contributed by atoms with van der Waals surface area (Å²) < 4.78 is 45.3. The number of carbonyl (C=O) groups is 2. The lowest BCUT2D eigenvalue weighted by Crippen LogP contribution is -2.49. The van der Waals surface area contributed by atoms with Gasteiger partial charge < -0.3 is 20.1 Å². The minimum Gasteiger partial charge on any atom is -0.488 e. The fourth-order valence-electron chi connectivity index (χ4n) is 5.61. The summed E-state index contributed by atoms with van der Waals surface area (Å²) in [6.07, 6.45) is 0.211. The lowest BCUT2D eigenvalue weighted by atomic mass is 9.88. The minimum atomic E-state index is -4.38. The van der Waals surface area contributed by atoms with E-state index in [-0.39, 0.29) is 36.4 Å². The maximum absolute atomic E-state index is 13.7. The first kappa shape index (κ1) is 30.8. The molecule has 2 aromatic rings. The SMILES string of the molecule is C[C@@H]1CN([C@H](C)CO)C(=O)c2cc(NC(=O)C3CCCCC3)ccc2O[C@H]1CN(C)Cc1ccc(C(F)(F)F)cc1. The van der Waals surface area contributed by atoms with E-state index in [4.69, 9.17) is 4.74 Å². The third kappa shape index (κ3) is 7.80. The minimum absolute atomic E-state index is 0.0333. The number of ether oxygens (including phenoxy) is 1. The summed E-state index contributed by atoms with van der Waals surface area (Å²) in [6.45, 7) is 4.78. The van der Waals surface area contributed by atoms with Gasteiger partial charge in [-0.2, -0.15) is 13.2 Å². The van der Waals surface area contributed by atoms with E-state index in [0.29, 0.717) is 36.6 Å². The van der Waals surface area contributed by atoms with E-state index >= 15 is 0 Å². The highest BCUT2D eigenvalue weighted by Crippen LogP contribution is 2.32. The van der Waals surface area contributed by atoms with Crippen molar-refractivity contribution in [3.05, 3.63) is 59.2 Å². The largest absolute Gasteiger partial charge is 0.488 e. The summed E-state index contributed by atoms with van der Waals surface area (Å²) in [6, 6.07) is 9.77. The smallest absolute Gasteiger partial charge is 0.416 e. The average molecular weight is 576 g/mol. The molecule has 1 aliphatic carbocycles. The number of benzene rings is 2. The molecule has 2 aliphatic rings. The molecule has 0 bridgehead atoms. The van der Waals surface area contributed by atoms with Crippen molar-refractivity contribution in [2.24, 2.45) is 11.8 Å². The molecule has 1 saturated carbocycles. The molecule has 0 aromatic heterocycles. The molecule has 0 spiro atoms. The Bertz CT molecular complexity index is 1200. The molecule has 10 heteroatoms. The van der Waals surface area contributed by atoms with Gasteiger partial charge in [-0.1, -0.05) is 38.3 Å². The summed E-state index contributed by atoms with van der Waals surface area (Å²) in [4.78, 5) is 30.2. The lowest BCUT2D eigenvalue weighted by molar-refractivity contribution is -0.137. The number of alkyl halides is 3. The van der Waals surface area contributed by atoms with Gasteiger partial charge >= 0.3 is 6.18 Å². The van der Waals surface area contributed by atoms with Crippen LogP contribution in [0.25, 0.3) is 0 Å². The quantitative estimate of drug-likeness (QED) is 0.430. The molecule has 0 radical (unpaired) electrons. The third-order valence-corrected chi connectivity index (χ3v) is 8.13. The summed E-state index contributed by atoms with van der Waals surface area (Å²) in [5.74, 6) is -0.0734. The predicted octanol–water partition coefficient (Wildman–Crippen LogP) is 5.58. The van der Waals surface area contributed by atoms with Crippen LogP contribution in [0.1, 0.15) is 67.4 Å². The van der Waals surface area contributed by atoms with Crippen LogP contribution in [0.2, 0.25) is 0 Å². The molecular formula is C31H40F3N3O4. The number of carbonyl (C=O) groups excluding carboxylic acids is 2. The Kier molecular flexibility index (Phi) is 9.96. The fraction of sp³-hybridized carbons (Fsp3) is 0.548. The molecule has 7 nitrogen and oxygen atoms in total. The van der Waals surface area contributed by atoms with Crippen molar-refractivity contribution >= 4 is 17.5 Å². The van der Waals surface area contributed by atoms with Crippen LogP contribution in [0.4, 0.5) is 18.9 Å². The summed E-state index contributed by atoms with van der Waals surface area (Å²) in [5, 5.41) is 12.9. The number of fused-ring (bicyclic) bond motifs is 1. The molecule has 1 fully saturated rings. The Morgan fingerprint density at radius 3 is 2.46 bits per heavy atom. The molecular weight excluding hydrogens is 535 g/mol. The zero-order valence-electron chi connectivity index (χ0n) is 23.9. The van der Waals surface area contributed by atoms with Crippen LogP contribution in [0.3, 0.4) is 0 Å². The molecule has 0 saturated heterocycles. The van der Waals surface area contributed by atoms with Gasteiger partial charge in [0.2, 0.25) is 5.91 Å². The molecule has 1 heterocycles. The first-order valence-electron chi connectivity index (χ1n) is 14.3. The van der Waals surface area contributed by atoms with E-state index in [2.05, 4.69) is 5.32 Å². The van der Waals surface area contributed by atoms with Gasteiger partial charge in [-0.3, -0.25) is 14.5 Å². The van der Waals surface area contributed by atoms with Crippen molar-refractivity contribution in [1.29, 1.82) is 0 Å². The van der Waals surface area contributed by atoms with Gasteiger partial charge in [0.15, 0.2) is 0 Å². The zero-order valence-corrected chi connectivity index (χ0v) is 23.9. The van der Waals surface area contributed by atoms with Gasteiger partial charge in [0.05, 0.1) is 23.8 Å². The van der Waals surface area contributed by atoms with Gasteiger partial charge in [0.1, 0.15) is 11.9 Å². The van der Waals surface area contributed by atoms with Crippen molar-refractivity contribution < 1.29 is 32.6 Å². The van der Waals surface area contributed by atoms with Gasteiger partial charge in [-0.25, -0.2) is 0 Å². The van der Waals surface area contributed by atoms with Crippen molar-refractivity contribution in [1.82, 2.24) is 9.80 Å². The summed E-state index contributed by atoms with van der Waals surface area (Å²) in [5.41, 5.74) is 0.893. The van der Waals surface area contributed by atoms with Gasteiger partial charge in [-0.15, -0.1) is 0 Å². The lowest BCUT2D eigenvalue weighted by Gasteiger charge is -2.38. The number of nitrogens with zero attached hydrogens (tertiary/aromatic N) is 2. The Morgan fingerprint density at radius 2 is 1.83 bits per heavy atom. The van der Waals surface area contributed by atoms with Gasteiger partial charge in [0, 0.05) is 37.2 Å². The molecule has 2 amide bonds. The van der Waals surface area contributed by atoms with E-state index in [1.807, 2.05) is 18.9 Å². The monoisotopic (exact) mass is 575 g/mol. The molecule has 3 atom stereocenters. The molecule has 0 unspecified atom stereocenters. The number of hydrogen-bond acceptors (Lipinski definition) is 5. The second-order valence-electron chi connectivity index (χ2n) is 11.5. The van der Waals surface area contributed by atoms with Crippen LogP contribution in [0.5, 0.6) is 5.75 Å². The van der Waals surface area contributed by atoms with Gasteiger partial charge in [0.25, 0.3) is 5.91 Å². The van der Waals surface area contributed by atoms with Crippen LogP contribution in [0.15, 0.2) is 42.5 Å². The Hall–Kier alpha value is -3.11. The van der Waals surface area contributed by atoms with Crippen LogP contribution in [-0.2, 0) is 17.5 Å². The number of aliphatic hydroxyl groups is 1. The second-order valence-corrected chi connectivity index (χ2v) is 11.5. The number of aliphatic hydroxyl groups excluding tert-OH is 1. The van der Waals surface area contributed by atoms with E-state index in [1.165, 1.54) is 12.1 Å². The molecule has 2 aromatic carbocycles. The number of amides is 2. The van der Waals surface area contributed by atoms with E-state index in [0.717, 1.165) is 49.8 Å². The van der Waals surface area contributed by atoms with Crippen molar-refractivity contribution in [2.75, 3.05) is 32.1 Å². The zero-order chi connectivity index (χ0) is 29.7. The summed E-state index contributed by atoms with van der Waals surface area (Å²) >= 11 is 0. The Balaban J connectivity index is 1.53. The second kappa shape index (κ2) is 13.2. The number of likely N-dealkylation sites (N-methyl/N-ethyl adjacent to an activating group) is 1. The highest BCUT2D eigenvalue weighted by atomic mass is 19.4. The highest BCUT2D eigenvalue weighted by molar-refractivity contribution is 6.00. The fourth-order valence-corrected chi connectivity index (χ4v) is 5.61. The van der Waals surface area contributed by atoms with E-state index in [9.17, 15) is 27.9 Å². The highest BCUT2D eigenvalue weighted by Gasteiger charge is 2.34. The van der Waals surface area contributed by atoms with Crippen molar-refractivity contribution in [3.63, 3.8) is 0 Å². The normalized spacial score (nSPS) is 21.1. The van der Waals surface area contributed by atoms with Crippen molar-refractivity contribution in [2.45, 2.75) is 70.8 Å². The number of nitrogens with one attached hydrogen (secondary N) is 1. The average Bonchev–Trinajstić information content (AvgIpc) is 2.95. The molecule has 1 aliphatic heterocycles. The molecule has 4 rings (SSSR count). The number of anilines is 1. The third-order valence-electron chi connectivity index (χ3n) is 8.13. The summed E-state index contributed by atoms with van der Waals surface area (Å²) in [7, 11) is 1.87. The first-order valence-corrected chi connectivity index (χ1v) is 14.3. The number of halogens is 3. The molecule has 2 N–H and O–H groups in total. The van der Waals surface area contributed by atoms with Crippen LogP contribution in [0, 0.1) is 11.8 Å². The molecule has 41 heavy (non-hydrogen) atoms. The predicted molar refractivity (Wildman–Crippen MR) is 151 cm³/mol. The topological polar surface area (TPSA) is 82.1 Å². The van der Waals surface area contributed by atoms with E-state index in [1.54, 1.807) is 30.0 Å². The maximum atomic E-state index is 13.7. The van der Waals surface area contributed by atoms with Crippen molar-refractivity contribution in [3.8, 4) is 5.75 Å². The maximum Gasteiger partial charge on any atom is 0.416 e. The number of rotatable bonds is 8. The number of hydrogen-bond donors (Lipinski definition) is 2. The van der Waals surface area contributed by atoms with Gasteiger partial charge in [-0.05, 0) is 62.7 Å². The first-order chi connectivity index (χ1) is 19.5. The van der Waals surface area contributed by atoms with Crippen LogP contribution < -0.4 is 10.1 Å².